The van der Waals surface area contributed by atoms with E-state index in [2.05, 4.69) is 10.2 Å². The van der Waals surface area contributed by atoms with Crippen LogP contribution in [0.2, 0.25) is 0 Å². The lowest BCUT2D eigenvalue weighted by atomic mass is 10.2. The molecule has 1 amide bonds. The highest BCUT2D eigenvalue weighted by atomic mass is 32.2. The third-order valence-electron chi connectivity index (χ3n) is 3.97. The van der Waals surface area contributed by atoms with Gasteiger partial charge in [0.2, 0.25) is 5.91 Å². The normalized spacial score (nSPS) is 11.8. The molecule has 2 aromatic carbocycles. The van der Waals surface area contributed by atoms with Gasteiger partial charge in [-0.05, 0) is 19.1 Å². The Morgan fingerprint density at radius 3 is 2.41 bits per heavy atom. The zero-order chi connectivity index (χ0) is 19.4. The number of carbonyl (C=O) groups is 1. The van der Waals surface area contributed by atoms with Crippen LogP contribution in [0.25, 0.3) is 17.1 Å². The Labute approximate surface area is 161 Å². The molecule has 0 unspecified atom stereocenters. The van der Waals surface area contributed by atoms with E-state index >= 15 is 0 Å². The van der Waals surface area contributed by atoms with Crippen molar-refractivity contribution in [1.29, 1.82) is 0 Å². The number of carbonyl (C=O) groups excluding carboxylic acids is 1. The highest BCUT2D eigenvalue weighted by molar-refractivity contribution is 8.00. The van der Waals surface area contributed by atoms with Crippen LogP contribution in [0, 0.1) is 0 Å². The number of nitrogens with zero attached hydrogens (tertiary/aromatic N) is 3. The molecule has 1 heterocycles. The van der Waals surface area contributed by atoms with Crippen LogP contribution < -0.4 is 15.2 Å². The number of benzene rings is 2. The Kier molecular flexibility index (Phi) is 5.66. The largest absolute Gasteiger partial charge is 0.493 e. The summed E-state index contributed by atoms with van der Waals surface area (Å²) in [4.78, 5) is 11.5. The van der Waals surface area contributed by atoms with Crippen LogP contribution >= 0.6 is 11.8 Å². The fourth-order valence-corrected chi connectivity index (χ4v) is 3.35. The molecule has 0 saturated carbocycles. The average Bonchev–Trinajstić information content (AvgIpc) is 3.11. The first-order chi connectivity index (χ1) is 13.0. The number of ether oxygens (including phenoxy) is 2. The van der Waals surface area contributed by atoms with Crippen molar-refractivity contribution in [2.45, 2.75) is 17.3 Å². The van der Waals surface area contributed by atoms with Crippen LogP contribution in [0.15, 0.2) is 53.7 Å². The smallest absolute Gasteiger partial charge is 0.230 e. The van der Waals surface area contributed by atoms with Crippen molar-refractivity contribution in [3.63, 3.8) is 0 Å². The number of hydrogen-bond donors (Lipinski definition) is 1. The Bertz CT molecular complexity index is 943. The second-order valence-electron chi connectivity index (χ2n) is 5.71. The van der Waals surface area contributed by atoms with Gasteiger partial charge < -0.3 is 15.2 Å². The van der Waals surface area contributed by atoms with Gasteiger partial charge in [-0.2, -0.15) is 0 Å². The average molecular weight is 384 g/mol. The van der Waals surface area contributed by atoms with E-state index in [0.717, 1.165) is 11.3 Å². The SMILES string of the molecule is COc1ccc(-n2c(S[C@H](C)C(N)=O)nnc2-c2ccccc2)cc1OC. The maximum atomic E-state index is 11.5. The third kappa shape index (κ3) is 3.90. The molecular formula is C19H20N4O3S. The fourth-order valence-electron chi connectivity index (χ4n) is 2.53. The first-order valence-corrected chi connectivity index (χ1v) is 9.12. The van der Waals surface area contributed by atoms with Crippen molar-refractivity contribution < 1.29 is 14.3 Å². The molecule has 3 aromatic rings. The van der Waals surface area contributed by atoms with Crippen molar-refractivity contribution in [3.8, 4) is 28.6 Å². The lowest BCUT2D eigenvalue weighted by Gasteiger charge is -2.14. The predicted octanol–water partition coefficient (Wildman–Crippen LogP) is 2.92. The van der Waals surface area contributed by atoms with Gasteiger partial charge in [-0.3, -0.25) is 9.36 Å². The number of nitrogens with two attached hydrogens (primary N) is 1. The molecular weight excluding hydrogens is 364 g/mol. The number of amides is 1. The Hall–Kier alpha value is -3.00. The molecule has 0 saturated heterocycles. The number of hydrogen-bond acceptors (Lipinski definition) is 6. The Balaban J connectivity index is 2.16. The molecule has 7 nitrogen and oxygen atoms in total. The molecule has 140 valence electrons. The van der Waals surface area contributed by atoms with Crippen LogP contribution in [-0.2, 0) is 4.79 Å². The first-order valence-electron chi connectivity index (χ1n) is 8.24. The van der Waals surface area contributed by atoms with Crippen LogP contribution in [0.1, 0.15) is 6.92 Å². The lowest BCUT2D eigenvalue weighted by Crippen LogP contribution is -2.23. The summed E-state index contributed by atoms with van der Waals surface area (Å²) in [5.41, 5.74) is 7.11. The molecule has 0 fully saturated rings. The van der Waals surface area contributed by atoms with Gasteiger partial charge in [0.15, 0.2) is 22.5 Å². The van der Waals surface area contributed by atoms with Crippen molar-refractivity contribution in [1.82, 2.24) is 14.8 Å². The van der Waals surface area contributed by atoms with Gasteiger partial charge in [-0.25, -0.2) is 0 Å². The topological polar surface area (TPSA) is 92.3 Å². The molecule has 0 aliphatic carbocycles. The molecule has 8 heteroatoms. The van der Waals surface area contributed by atoms with Gasteiger partial charge in [0.1, 0.15) is 0 Å². The Morgan fingerprint density at radius 2 is 1.78 bits per heavy atom. The molecule has 0 bridgehead atoms. The molecule has 3 rings (SSSR count). The minimum atomic E-state index is -0.447. The summed E-state index contributed by atoms with van der Waals surface area (Å²) in [6.45, 7) is 1.74. The van der Waals surface area contributed by atoms with Gasteiger partial charge in [0.05, 0.1) is 25.2 Å². The summed E-state index contributed by atoms with van der Waals surface area (Å²) in [7, 11) is 3.16. The van der Waals surface area contributed by atoms with E-state index in [1.807, 2.05) is 53.1 Å². The van der Waals surface area contributed by atoms with Crippen molar-refractivity contribution in [3.05, 3.63) is 48.5 Å². The highest BCUT2D eigenvalue weighted by Gasteiger charge is 2.21. The maximum Gasteiger partial charge on any atom is 0.230 e. The molecule has 0 aliphatic heterocycles. The lowest BCUT2D eigenvalue weighted by molar-refractivity contribution is -0.117. The number of aromatic nitrogens is 3. The van der Waals surface area contributed by atoms with Crippen molar-refractivity contribution >= 4 is 17.7 Å². The summed E-state index contributed by atoms with van der Waals surface area (Å²) in [5.74, 6) is 1.45. The quantitative estimate of drug-likeness (QED) is 0.630. The predicted molar refractivity (Wildman–Crippen MR) is 104 cm³/mol. The standard InChI is InChI=1S/C19H20N4O3S/c1-12(17(20)24)27-19-22-21-18(13-7-5-4-6-8-13)23(19)14-9-10-15(25-2)16(11-14)26-3/h4-12H,1-3H3,(H2,20,24)/t12-/m1/s1. The molecule has 1 aromatic heterocycles. The van der Waals surface area contributed by atoms with Crippen LogP contribution in [0.3, 0.4) is 0 Å². The zero-order valence-corrected chi connectivity index (χ0v) is 16.1. The second-order valence-corrected chi connectivity index (χ2v) is 7.02. The monoisotopic (exact) mass is 384 g/mol. The minimum Gasteiger partial charge on any atom is -0.493 e. The fraction of sp³-hybridized carbons (Fsp3) is 0.211. The van der Waals surface area contributed by atoms with Crippen LogP contribution in [0.5, 0.6) is 11.5 Å². The van der Waals surface area contributed by atoms with E-state index in [4.69, 9.17) is 15.2 Å². The van der Waals surface area contributed by atoms with Gasteiger partial charge >= 0.3 is 0 Å². The van der Waals surface area contributed by atoms with Crippen molar-refractivity contribution in [2.75, 3.05) is 14.2 Å². The highest BCUT2D eigenvalue weighted by Crippen LogP contribution is 2.34. The number of primary amides is 1. The second kappa shape index (κ2) is 8.13. The maximum absolute atomic E-state index is 11.5. The summed E-state index contributed by atoms with van der Waals surface area (Å²) in [6.07, 6.45) is 0. The van der Waals surface area contributed by atoms with E-state index in [-0.39, 0.29) is 0 Å². The summed E-state index contributed by atoms with van der Waals surface area (Å²) in [5, 5.41) is 8.74. The molecule has 27 heavy (non-hydrogen) atoms. The van der Waals surface area contributed by atoms with Gasteiger partial charge in [0.25, 0.3) is 0 Å². The van der Waals surface area contributed by atoms with Crippen LogP contribution in [-0.4, -0.2) is 40.1 Å². The van der Waals surface area contributed by atoms with E-state index in [0.29, 0.717) is 22.5 Å². The van der Waals surface area contributed by atoms with E-state index in [9.17, 15) is 4.79 Å². The molecule has 0 spiro atoms. The summed E-state index contributed by atoms with van der Waals surface area (Å²) >= 11 is 1.25. The van der Waals surface area contributed by atoms with E-state index < -0.39 is 11.2 Å². The number of methoxy groups -OCH3 is 2. The minimum absolute atomic E-state index is 0.414. The Morgan fingerprint density at radius 1 is 1.07 bits per heavy atom. The van der Waals surface area contributed by atoms with Gasteiger partial charge in [0, 0.05) is 11.6 Å². The first kappa shape index (κ1) is 18.8. The van der Waals surface area contributed by atoms with E-state index in [1.54, 1.807) is 21.1 Å². The molecule has 2 N–H and O–H groups in total. The van der Waals surface area contributed by atoms with Gasteiger partial charge in [-0.1, -0.05) is 42.1 Å². The number of rotatable bonds is 7. The zero-order valence-electron chi connectivity index (χ0n) is 15.2. The van der Waals surface area contributed by atoms with Crippen LogP contribution in [0.4, 0.5) is 0 Å². The van der Waals surface area contributed by atoms with E-state index in [1.165, 1.54) is 11.8 Å². The van der Waals surface area contributed by atoms with Crippen molar-refractivity contribution in [2.24, 2.45) is 5.73 Å². The number of thioether (sulfide) groups is 1. The summed E-state index contributed by atoms with van der Waals surface area (Å²) in [6, 6.07) is 15.2. The summed E-state index contributed by atoms with van der Waals surface area (Å²) < 4.78 is 12.6. The van der Waals surface area contributed by atoms with Gasteiger partial charge in [-0.15, -0.1) is 10.2 Å². The third-order valence-corrected chi connectivity index (χ3v) is 5.03. The molecule has 0 radical (unpaired) electrons. The molecule has 0 aliphatic rings. The molecule has 1 atom stereocenters.